The normalized spacial score (nSPS) is 9.60. The molecule has 0 bridgehead atoms. The molecule has 2 aromatic heterocycles. The summed E-state index contributed by atoms with van der Waals surface area (Å²) >= 11 is 0. The quantitative estimate of drug-likeness (QED) is 0.554. The highest BCUT2D eigenvalue weighted by molar-refractivity contribution is 5.90. The maximum atomic E-state index is 11.7. The van der Waals surface area contributed by atoms with Crippen molar-refractivity contribution < 1.29 is 26.3 Å². The van der Waals surface area contributed by atoms with Crippen LogP contribution in [0.15, 0.2) is 55.1 Å². The fourth-order valence-corrected chi connectivity index (χ4v) is 1.82. The Morgan fingerprint density at radius 2 is 1.95 bits per heavy atom. The van der Waals surface area contributed by atoms with Crippen molar-refractivity contribution in [1.82, 2.24) is 4.98 Å². The molecule has 0 radical (unpaired) electrons. The van der Waals surface area contributed by atoms with Crippen LogP contribution in [0.2, 0.25) is 0 Å². The Morgan fingerprint density at radius 3 is 2.65 bits per heavy atom. The zero-order valence-electron chi connectivity index (χ0n) is 11.2. The molecule has 20 heavy (non-hydrogen) atoms. The van der Waals surface area contributed by atoms with Gasteiger partial charge in [0.15, 0.2) is 12.4 Å². The first kappa shape index (κ1) is 16.3. The summed E-state index contributed by atoms with van der Waals surface area (Å²) in [5.41, 5.74) is 0.755. The summed E-state index contributed by atoms with van der Waals surface area (Å²) in [7, 11) is 0. The molecule has 0 aliphatic heterocycles. The van der Waals surface area contributed by atoms with E-state index in [9.17, 15) is 4.79 Å². The minimum atomic E-state index is 0. The van der Waals surface area contributed by atoms with E-state index in [4.69, 9.17) is 0 Å². The summed E-state index contributed by atoms with van der Waals surface area (Å²) in [4.78, 5) is 15.6. The summed E-state index contributed by atoms with van der Waals surface area (Å²) in [5, 5.41) is 2.83. The van der Waals surface area contributed by atoms with E-state index in [0.717, 1.165) is 25.1 Å². The van der Waals surface area contributed by atoms with E-state index in [1.807, 2.05) is 42.7 Å². The molecule has 0 fully saturated rings. The Hall–Kier alpha value is -1.75. The second kappa shape index (κ2) is 9.20. The van der Waals surface area contributed by atoms with E-state index in [0.29, 0.717) is 6.42 Å². The van der Waals surface area contributed by atoms with Gasteiger partial charge in [0.1, 0.15) is 6.54 Å². The highest BCUT2D eigenvalue weighted by Crippen LogP contribution is 2.05. The Bertz CT molecular complexity index is 505. The minimum absolute atomic E-state index is 0. The fraction of sp³-hybridized carbons (Fsp3) is 0.267. The number of nitrogens with one attached hydrogen (secondary N) is 1. The van der Waals surface area contributed by atoms with E-state index in [1.165, 1.54) is 0 Å². The molecule has 1 N–H and O–H groups in total. The van der Waals surface area contributed by atoms with Crippen LogP contribution in [0.5, 0.6) is 0 Å². The lowest BCUT2D eigenvalue weighted by molar-refractivity contribution is -0.697. The maximum absolute atomic E-state index is 11.7. The lowest BCUT2D eigenvalue weighted by Gasteiger charge is -2.03. The number of anilines is 1. The number of halogens is 1. The Labute approximate surface area is 129 Å². The summed E-state index contributed by atoms with van der Waals surface area (Å²) in [6, 6.07) is 9.66. The SMILES string of the molecule is O=C(CCCC[n+]1ccccc1)Nc1cccnc1.[Br-]. The van der Waals surface area contributed by atoms with Crippen molar-refractivity contribution in [2.45, 2.75) is 25.8 Å². The molecule has 106 valence electrons. The van der Waals surface area contributed by atoms with Gasteiger partial charge in [-0.3, -0.25) is 9.78 Å². The number of aromatic nitrogens is 2. The lowest BCUT2D eigenvalue weighted by atomic mass is 10.2. The fourth-order valence-electron chi connectivity index (χ4n) is 1.82. The summed E-state index contributed by atoms with van der Waals surface area (Å²) in [6.07, 6.45) is 9.83. The molecule has 2 heterocycles. The maximum Gasteiger partial charge on any atom is 0.224 e. The van der Waals surface area contributed by atoms with Crippen LogP contribution in [0.1, 0.15) is 19.3 Å². The van der Waals surface area contributed by atoms with Gasteiger partial charge in [0.05, 0.1) is 11.9 Å². The molecule has 0 spiro atoms. The van der Waals surface area contributed by atoms with Crippen LogP contribution in [0.4, 0.5) is 5.69 Å². The number of carbonyl (C=O) groups excluding carboxylic acids is 1. The van der Waals surface area contributed by atoms with Crippen molar-refractivity contribution in [2.24, 2.45) is 0 Å². The van der Waals surface area contributed by atoms with Gasteiger partial charge < -0.3 is 22.3 Å². The molecule has 2 aromatic rings. The van der Waals surface area contributed by atoms with Crippen LogP contribution in [0, 0.1) is 0 Å². The lowest BCUT2D eigenvalue weighted by Crippen LogP contribution is -3.00. The van der Waals surface area contributed by atoms with Crippen LogP contribution in [0.3, 0.4) is 0 Å². The van der Waals surface area contributed by atoms with Gasteiger partial charge in [-0.05, 0) is 18.6 Å². The molecule has 0 aliphatic carbocycles. The van der Waals surface area contributed by atoms with Crippen LogP contribution in [-0.4, -0.2) is 10.9 Å². The Morgan fingerprint density at radius 1 is 1.15 bits per heavy atom. The van der Waals surface area contributed by atoms with Gasteiger partial charge in [0.25, 0.3) is 0 Å². The van der Waals surface area contributed by atoms with Crippen molar-refractivity contribution in [3.8, 4) is 0 Å². The molecular weight excluding hydrogens is 318 g/mol. The van der Waals surface area contributed by atoms with Crippen molar-refractivity contribution in [2.75, 3.05) is 5.32 Å². The largest absolute Gasteiger partial charge is 1.00 e. The van der Waals surface area contributed by atoms with Gasteiger partial charge in [-0.1, -0.05) is 6.07 Å². The highest BCUT2D eigenvalue weighted by Gasteiger charge is 2.03. The summed E-state index contributed by atoms with van der Waals surface area (Å²) in [5.74, 6) is 0.0473. The van der Waals surface area contributed by atoms with Crippen molar-refractivity contribution in [3.05, 3.63) is 55.1 Å². The molecule has 0 aliphatic rings. The molecule has 0 atom stereocenters. The molecule has 0 saturated heterocycles. The third kappa shape index (κ3) is 5.93. The van der Waals surface area contributed by atoms with E-state index < -0.39 is 0 Å². The standard InChI is InChI=1S/C15H17N3O.BrH/c19-15(17-14-7-6-9-16-13-14)8-2-5-12-18-10-3-1-4-11-18;/h1,3-4,6-7,9-11,13H,2,5,8,12H2;1H. The smallest absolute Gasteiger partial charge is 0.224 e. The second-order valence-electron chi connectivity index (χ2n) is 4.36. The number of aryl methyl sites for hydroxylation is 1. The van der Waals surface area contributed by atoms with Crippen LogP contribution in [0.25, 0.3) is 0 Å². The van der Waals surface area contributed by atoms with Crippen molar-refractivity contribution in [1.29, 1.82) is 0 Å². The van der Waals surface area contributed by atoms with Crippen molar-refractivity contribution in [3.63, 3.8) is 0 Å². The van der Waals surface area contributed by atoms with Gasteiger partial charge in [0.2, 0.25) is 5.91 Å². The monoisotopic (exact) mass is 335 g/mol. The first-order valence-corrected chi connectivity index (χ1v) is 6.48. The van der Waals surface area contributed by atoms with Crippen LogP contribution < -0.4 is 26.9 Å². The molecule has 4 nitrogen and oxygen atoms in total. The zero-order chi connectivity index (χ0) is 13.3. The molecule has 1 amide bonds. The third-order valence-corrected chi connectivity index (χ3v) is 2.79. The van der Waals surface area contributed by atoms with Gasteiger partial charge >= 0.3 is 0 Å². The molecule has 2 rings (SSSR count). The predicted molar refractivity (Wildman–Crippen MR) is 73.4 cm³/mol. The molecule has 5 heteroatoms. The number of hydrogen-bond acceptors (Lipinski definition) is 2. The number of unbranched alkanes of at least 4 members (excludes halogenated alkanes) is 1. The van der Waals surface area contributed by atoms with E-state index in [2.05, 4.69) is 14.9 Å². The number of hydrogen-bond donors (Lipinski definition) is 1. The molecule has 0 unspecified atom stereocenters. The van der Waals surface area contributed by atoms with E-state index in [-0.39, 0.29) is 22.9 Å². The Kier molecular flexibility index (Phi) is 7.50. The number of pyridine rings is 2. The average Bonchev–Trinajstić information content (AvgIpc) is 2.46. The second-order valence-corrected chi connectivity index (χ2v) is 4.36. The van der Waals surface area contributed by atoms with Gasteiger partial charge in [-0.15, -0.1) is 0 Å². The number of nitrogens with zero attached hydrogens (tertiary/aromatic N) is 2. The van der Waals surface area contributed by atoms with Gasteiger partial charge in [0, 0.05) is 31.2 Å². The first-order chi connectivity index (χ1) is 9.34. The average molecular weight is 336 g/mol. The molecule has 0 aromatic carbocycles. The van der Waals surface area contributed by atoms with E-state index in [1.54, 1.807) is 12.4 Å². The van der Waals surface area contributed by atoms with Gasteiger partial charge in [-0.2, -0.15) is 0 Å². The number of carbonyl (C=O) groups is 1. The third-order valence-electron chi connectivity index (χ3n) is 2.79. The first-order valence-electron chi connectivity index (χ1n) is 6.48. The predicted octanol–water partition coefficient (Wildman–Crippen LogP) is -0.818. The van der Waals surface area contributed by atoms with Crippen LogP contribution >= 0.6 is 0 Å². The van der Waals surface area contributed by atoms with Crippen LogP contribution in [-0.2, 0) is 11.3 Å². The number of rotatable bonds is 6. The zero-order valence-corrected chi connectivity index (χ0v) is 12.8. The minimum Gasteiger partial charge on any atom is -1.00 e. The van der Waals surface area contributed by atoms with Gasteiger partial charge in [-0.25, -0.2) is 4.57 Å². The summed E-state index contributed by atoms with van der Waals surface area (Å²) in [6.45, 7) is 0.945. The topological polar surface area (TPSA) is 45.9 Å². The van der Waals surface area contributed by atoms with Crippen molar-refractivity contribution >= 4 is 11.6 Å². The number of amides is 1. The molecule has 0 saturated carbocycles. The summed E-state index contributed by atoms with van der Waals surface area (Å²) < 4.78 is 2.12. The van der Waals surface area contributed by atoms with E-state index >= 15 is 0 Å². The highest BCUT2D eigenvalue weighted by atomic mass is 79.9. The molecular formula is C15H18BrN3O. The Balaban J connectivity index is 0.00000200.